The Hall–Kier alpha value is -3.41. The van der Waals surface area contributed by atoms with Gasteiger partial charge in [0.2, 0.25) is 15.7 Å². The molecule has 1 aliphatic carbocycles. The smallest absolute Gasteiger partial charge is 0.394 e. The van der Waals surface area contributed by atoms with Crippen molar-refractivity contribution in [2.45, 2.75) is 35.2 Å². The van der Waals surface area contributed by atoms with Gasteiger partial charge in [0.15, 0.2) is 10.7 Å². The van der Waals surface area contributed by atoms with Gasteiger partial charge in [-0.15, -0.1) is 5.10 Å². The number of primary amides is 1. The molecule has 33 heavy (non-hydrogen) atoms. The van der Waals surface area contributed by atoms with Crippen LogP contribution in [0, 0.1) is 5.41 Å². The maximum absolute atomic E-state index is 13.2. The number of halogens is 3. The van der Waals surface area contributed by atoms with Gasteiger partial charge in [0.1, 0.15) is 0 Å². The van der Waals surface area contributed by atoms with E-state index in [0.29, 0.717) is 0 Å². The second-order valence-corrected chi connectivity index (χ2v) is 9.62. The van der Waals surface area contributed by atoms with Gasteiger partial charge in [0.05, 0.1) is 28.7 Å². The molecule has 0 bridgehead atoms. The molecule has 1 aromatic carbocycles. The molecule has 8 nitrogen and oxygen atoms in total. The van der Waals surface area contributed by atoms with Crippen molar-refractivity contribution in [2.75, 3.05) is 6.61 Å². The molecule has 0 atom stereocenters. The summed E-state index contributed by atoms with van der Waals surface area (Å²) >= 11 is 0. The van der Waals surface area contributed by atoms with Crippen LogP contribution >= 0.6 is 0 Å². The zero-order chi connectivity index (χ0) is 23.9. The van der Waals surface area contributed by atoms with E-state index in [1.807, 2.05) is 0 Å². The molecule has 0 saturated heterocycles. The molecule has 1 fully saturated rings. The quantitative estimate of drug-likeness (QED) is 0.529. The Morgan fingerprint density at radius 2 is 1.85 bits per heavy atom. The van der Waals surface area contributed by atoms with Gasteiger partial charge in [-0.2, -0.15) is 13.2 Å². The Labute approximate surface area is 187 Å². The lowest BCUT2D eigenvalue weighted by atomic mass is 10.0. The van der Waals surface area contributed by atoms with Crippen LogP contribution in [0.15, 0.2) is 64.6 Å². The highest BCUT2D eigenvalue weighted by Crippen LogP contribution is 2.59. The van der Waals surface area contributed by atoms with E-state index in [1.165, 1.54) is 36.7 Å². The number of nitrogens with two attached hydrogens (primary N) is 1. The Morgan fingerprint density at radius 1 is 1.15 bits per heavy atom. The molecule has 0 radical (unpaired) electrons. The Kier molecular flexibility index (Phi) is 5.64. The van der Waals surface area contributed by atoms with Gasteiger partial charge < -0.3 is 10.5 Å². The summed E-state index contributed by atoms with van der Waals surface area (Å²) < 4.78 is 72.6. The fourth-order valence-corrected chi connectivity index (χ4v) is 4.64. The third-order valence-corrected chi connectivity index (χ3v) is 7.29. The number of amides is 1. The van der Waals surface area contributed by atoms with E-state index in [0.717, 1.165) is 4.68 Å². The normalized spacial score (nSPS) is 15.2. The second kappa shape index (κ2) is 8.18. The van der Waals surface area contributed by atoms with Crippen LogP contribution in [0.5, 0.6) is 5.88 Å². The molecule has 3 aromatic rings. The third kappa shape index (κ3) is 4.42. The Bertz CT molecular complexity index is 1270. The van der Waals surface area contributed by atoms with Crippen LogP contribution in [0.1, 0.15) is 29.6 Å². The topological polar surface area (TPSA) is 117 Å². The molecule has 0 spiro atoms. The molecule has 2 aromatic heterocycles. The van der Waals surface area contributed by atoms with Crippen molar-refractivity contribution in [2.24, 2.45) is 11.1 Å². The van der Waals surface area contributed by atoms with Crippen molar-refractivity contribution in [3.8, 4) is 11.7 Å². The number of aromatic nitrogens is 3. The van der Waals surface area contributed by atoms with E-state index in [4.69, 9.17) is 10.5 Å². The molecular weight excluding hydrogens is 461 g/mol. The van der Waals surface area contributed by atoms with E-state index in [2.05, 4.69) is 10.1 Å². The molecule has 174 valence electrons. The SMILES string of the molecule is NC(=O)c1ccc(-n2cc(S(=O)(=O)c3ccccc3)c(OCCC3(C(F)(F)F)CC3)n2)nc1. The maximum atomic E-state index is 13.2. The molecule has 1 amide bonds. The van der Waals surface area contributed by atoms with Crippen molar-refractivity contribution in [3.05, 3.63) is 60.4 Å². The average Bonchev–Trinajstić information content (AvgIpc) is 3.46. The number of ether oxygens (including phenoxy) is 1. The van der Waals surface area contributed by atoms with Crippen molar-refractivity contribution < 1.29 is 31.1 Å². The average molecular weight is 480 g/mol. The Morgan fingerprint density at radius 3 is 2.39 bits per heavy atom. The summed E-state index contributed by atoms with van der Waals surface area (Å²) in [5, 5.41) is 4.10. The van der Waals surface area contributed by atoms with E-state index < -0.39 is 27.3 Å². The number of sulfone groups is 1. The van der Waals surface area contributed by atoms with Crippen molar-refractivity contribution in [1.29, 1.82) is 0 Å². The first kappa shape index (κ1) is 22.8. The molecule has 2 heterocycles. The van der Waals surface area contributed by atoms with Crippen molar-refractivity contribution in [3.63, 3.8) is 0 Å². The predicted molar refractivity (Wildman–Crippen MR) is 110 cm³/mol. The molecule has 12 heteroatoms. The number of rotatable bonds is 8. The van der Waals surface area contributed by atoms with E-state index >= 15 is 0 Å². The molecule has 2 N–H and O–H groups in total. The van der Waals surface area contributed by atoms with Crippen LogP contribution in [0.2, 0.25) is 0 Å². The minimum absolute atomic E-state index is 0.0135. The zero-order valence-corrected chi connectivity index (χ0v) is 17.9. The molecule has 4 rings (SSSR count). The molecule has 1 saturated carbocycles. The number of nitrogens with zero attached hydrogens (tertiary/aromatic N) is 3. The molecule has 0 unspecified atom stereocenters. The van der Waals surface area contributed by atoms with Gasteiger partial charge in [-0.05, 0) is 43.5 Å². The number of pyridine rings is 1. The van der Waals surface area contributed by atoms with Gasteiger partial charge in [0, 0.05) is 6.20 Å². The van der Waals surface area contributed by atoms with Crippen LogP contribution in [0.4, 0.5) is 13.2 Å². The second-order valence-electron chi connectivity index (χ2n) is 7.71. The fourth-order valence-electron chi connectivity index (χ4n) is 3.31. The summed E-state index contributed by atoms with van der Waals surface area (Å²) in [5.74, 6) is -0.865. The molecule has 0 aliphatic heterocycles. The number of carbonyl (C=O) groups is 1. The largest absolute Gasteiger partial charge is 0.476 e. The summed E-state index contributed by atoms with van der Waals surface area (Å²) in [5.41, 5.74) is 3.55. The van der Waals surface area contributed by atoms with E-state index in [-0.39, 0.29) is 52.9 Å². The van der Waals surface area contributed by atoms with Crippen LogP contribution in [0.3, 0.4) is 0 Å². The van der Waals surface area contributed by atoms with Crippen molar-refractivity contribution in [1.82, 2.24) is 14.8 Å². The number of alkyl halides is 3. The monoisotopic (exact) mass is 480 g/mol. The van der Waals surface area contributed by atoms with Gasteiger partial charge >= 0.3 is 6.18 Å². The van der Waals surface area contributed by atoms with Crippen LogP contribution < -0.4 is 10.5 Å². The van der Waals surface area contributed by atoms with Crippen LogP contribution in [0.25, 0.3) is 5.82 Å². The molecular formula is C21H19F3N4O4S. The molecule has 1 aliphatic rings. The summed E-state index contributed by atoms with van der Waals surface area (Å²) in [7, 11) is -4.09. The maximum Gasteiger partial charge on any atom is 0.394 e. The first-order chi connectivity index (χ1) is 15.5. The van der Waals surface area contributed by atoms with Gasteiger partial charge in [0.25, 0.3) is 5.88 Å². The fraction of sp³-hybridized carbons (Fsp3) is 0.286. The highest BCUT2D eigenvalue weighted by atomic mass is 32.2. The lowest BCUT2D eigenvalue weighted by molar-refractivity contribution is -0.190. The summed E-state index contributed by atoms with van der Waals surface area (Å²) in [6.07, 6.45) is -2.26. The lowest BCUT2D eigenvalue weighted by Crippen LogP contribution is -2.26. The highest BCUT2D eigenvalue weighted by molar-refractivity contribution is 7.91. The third-order valence-electron chi connectivity index (χ3n) is 5.53. The first-order valence-electron chi connectivity index (χ1n) is 9.89. The van der Waals surface area contributed by atoms with Gasteiger partial charge in [-0.1, -0.05) is 18.2 Å². The number of benzene rings is 1. The van der Waals surface area contributed by atoms with Gasteiger partial charge in [-0.25, -0.2) is 18.1 Å². The summed E-state index contributed by atoms with van der Waals surface area (Å²) in [6, 6.07) is 10.3. The summed E-state index contributed by atoms with van der Waals surface area (Å²) in [4.78, 5) is 15.0. The summed E-state index contributed by atoms with van der Waals surface area (Å²) in [6.45, 7) is -0.359. The van der Waals surface area contributed by atoms with E-state index in [1.54, 1.807) is 18.2 Å². The van der Waals surface area contributed by atoms with Crippen LogP contribution in [-0.4, -0.2) is 41.9 Å². The first-order valence-corrected chi connectivity index (χ1v) is 11.4. The van der Waals surface area contributed by atoms with Crippen LogP contribution in [-0.2, 0) is 9.84 Å². The zero-order valence-electron chi connectivity index (χ0n) is 17.1. The predicted octanol–water partition coefficient (Wildman–Crippen LogP) is 3.31. The minimum Gasteiger partial charge on any atom is -0.476 e. The lowest BCUT2D eigenvalue weighted by Gasteiger charge is -2.18. The van der Waals surface area contributed by atoms with Crippen molar-refractivity contribution >= 4 is 15.7 Å². The standard InChI is InChI=1S/C21H19F3N4O4S/c22-21(23,24)20(8-9-20)10-11-32-19-16(33(30,31)15-4-2-1-3-5-15)13-28(27-19)17-7-6-14(12-26-17)18(25)29/h1-7,12-13H,8-11H2,(H2,25,29). The number of hydrogen-bond acceptors (Lipinski definition) is 6. The Balaban J connectivity index is 1.67. The minimum atomic E-state index is -4.35. The number of carbonyl (C=O) groups excluding carboxylic acids is 1. The van der Waals surface area contributed by atoms with E-state index in [9.17, 15) is 26.4 Å². The highest BCUT2D eigenvalue weighted by Gasteiger charge is 2.62. The number of hydrogen-bond donors (Lipinski definition) is 1. The van der Waals surface area contributed by atoms with Gasteiger partial charge in [-0.3, -0.25) is 4.79 Å².